The Morgan fingerprint density at radius 2 is 2.18 bits per heavy atom. The number of benzene rings is 1. The van der Waals surface area contributed by atoms with Crippen LogP contribution in [0.4, 0.5) is 0 Å². The van der Waals surface area contributed by atoms with Gasteiger partial charge in [0.1, 0.15) is 5.75 Å². The van der Waals surface area contributed by atoms with Crippen molar-refractivity contribution < 1.29 is 4.74 Å². The molecule has 0 radical (unpaired) electrons. The number of hydrogen-bond donors (Lipinski definition) is 1. The number of ether oxygens (including phenoxy) is 1. The Kier molecular flexibility index (Phi) is 4.06. The molecule has 0 spiro atoms. The minimum absolute atomic E-state index is 0.477. The third kappa shape index (κ3) is 3.01. The van der Waals surface area contributed by atoms with Gasteiger partial charge in [-0.2, -0.15) is 0 Å². The summed E-state index contributed by atoms with van der Waals surface area (Å²) in [5.41, 5.74) is 2.59. The molecule has 1 aliphatic carbocycles. The molecule has 0 saturated heterocycles. The van der Waals surface area contributed by atoms with Crippen LogP contribution in [0.1, 0.15) is 43.4 Å². The standard InChI is InChI=1S/C15H23NO/c1-4-9-16-15(12-6-7-12)13-8-5-11(2)10-14(13)17-3/h5,8,10,12,15-16H,4,6-7,9H2,1-3H3. The number of rotatable bonds is 6. The molecule has 2 heteroatoms. The molecule has 1 fully saturated rings. The lowest BCUT2D eigenvalue weighted by molar-refractivity contribution is 0.390. The minimum Gasteiger partial charge on any atom is -0.496 e. The van der Waals surface area contributed by atoms with Crippen molar-refractivity contribution in [2.24, 2.45) is 5.92 Å². The van der Waals surface area contributed by atoms with Gasteiger partial charge in [-0.1, -0.05) is 19.1 Å². The third-order valence-corrected chi connectivity index (χ3v) is 3.43. The van der Waals surface area contributed by atoms with Crippen LogP contribution in [-0.4, -0.2) is 13.7 Å². The maximum Gasteiger partial charge on any atom is 0.123 e. The first kappa shape index (κ1) is 12.4. The average molecular weight is 233 g/mol. The Balaban J connectivity index is 2.21. The summed E-state index contributed by atoms with van der Waals surface area (Å²) < 4.78 is 5.53. The van der Waals surface area contributed by atoms with Gasteiger partial charge in [-0.3, -0.25) is 0 Å². The van der Waals surface area contributed by atoms with Crippen molar-refractivity contribution in [2.75, 3.05) is 13.7 Å². The van der Waals surface area contributed by atoms with Crippen LogP contribution in [0.15, 0.2) is 18.2 Å². The zero-order valence-electron chi connectivity index (χ0n) is 11.1. The van der Waals surface area contributed by atoms with Gasteiger partial charge in [-0.05, 0) is 50.3 Å². The summed E-state index contributed by atoms with van der Waals surface area (Å²) in [4.78, 5) is 0. The topological polar surface area (TPSA) is 21.3 Å². The fourth-order valence-corrected chi connectivity index (χ4v) is 2.34. The van der Waals surface area contributed by atoms with E-state index in [1.165, 1.54) is 30.4 Å². The van der Waals surface area contributed by atoms with Gasteiger partial charge in [0.2, 0.25) is 0 Å². The van der Waals surface area contributed by atoms with Crippen molar-refractivity contribution >= 4 is 0 Å². The predicted octanol–water partition coefficient (Wildman–Crippen LogP) is 3.45. The molecular formula is C15H23NO. The Morgan fingerprint density at radius 1 is 1.41 bits per heavy atom. The van der Waals surface area contributed by atoms with E-state index in [9.17, 15) is 0 Å². The summed E-state index contributed by atoms with van der Waals surface area (Å²) in [6, 6.07) is 7.02. The first-order valence-corrected chi connectivity index (χ1v) is 6.64. The maximum atomic E-state index is 5.53. The van der Waals surface area contributed by atoms with Crippen LogP contribution in [0.5, 0.6) is 5.75 Å². The Morgan fingerprint density at radius 3 is 2.76 bits per heavy atom. The van der Waals surface area contributed by atoms with E-state index in [0.717, 1.165) is 18.2 Å². The van der Waals surface area contributed by atoms with Crippen LogP contribution in [0.25, 0.3) is 0 Å². The highest BCUT2D eigenvalue weighted by Crippen LogP contribution is 2.43. The summed E-state index contributed by atoms with van der Waals surface area (Å²) in [7, 11) is 1.77. The van der Waals surface area contributed by atoms with Gasteiger partial charge in [0.15, 0.2) is 0 Å². The normalized spacial score (nSPS) is 16.9. The molecule has 2 rings (SSSR count). The second-order valence-corrected chi connectivity index (χ2v) is 5.01. The van der Waals surface area contributed by atoms with Crippen molar-refractivity contribution in [3.05, 3.63) is 29.3 Å². The van der Waals surface area contributed by atoms with E-state index < -0.39 is 0 Å². The molecule has 0 amide bonds. The van der Waals surface area contributed by atoms with Crippen LogP contribution < -0.4 is 10.1 Å². The van der Waals surface area contributed by atoms with Crippen LogP contribution >= 0.6 is 0 Å². The molecule has 1 atom stereocenters. The fourth-order valence-electron chi connectivity index (χ4n) is 2.34. The van der Waals surface area contributed by atoms with E-state index in [-0.39, 0.29) is 0 Å². The number of hydrogen-bond acceptors (Lipinski definition) is 2. The highest BCUT2D eigenvalue weighted by atomic mass is 16.5. The van der Waals surface area contributed by atoms with Crippen molar-refractivity contribution in [1.82, 2.24) is 5.32 Å². The summed E-state index contributed by atoms with van der Waals surface area (Å²) >= 11 is 0. The second kappa shape index (κ2) is 5.54. The molecule has 2 nitrogen and oxygen atoms in total. The van der Waals surface area contributed by atoms with E-state index in [1.54, 1.807) is 7.11 Å². The maximum absolute atomic E-state index is 5.53. The molecule has 0 heterocycles. The molecule has 1 aliphatic rings. The van der Waals surface area contributed by atoms with Crippen molar-refractivity contribution in [1.29, 1.82) is 0 Å². The highest BCUT2D eigenvalue weighted by molar-refractivity contribution is 5.40. The van der Waals surface area contributed by atoms with E-state index >= 15 is 0 Å². The molecule has 1 aromatic rings. The Bertz CT molecular complexity index is 371. The van der Waals surface area contributed by atoms with Gasteiger partial charge < -0.3 is 10.1 Å². The quantitative estimate of drug-likeness (QED) is 0.812. The number of nitrogens with one attached hydrogen (secondary N) is 1. The van der Waals surface area contributed by atoms with Crippen molar-refractivity contribution in [2.45, 2.75) is 39.2 Å². The molecule has 17 heavy (non-hydrogen) atoms. The van der Waals surface area contributed by atoms with Gasteiger partial charge in [0, 0.05) is 11.6 Å². The van der Waals surface area contributed by atoms with Crippen LogP contribution in [0, 0.1) is 12.8 Å². The first-order valence-electron chi connectivity index (χ1n) is 6.64. The lowest BCUT2D eigenvalue weighted by Gasteiger charge is -2.21. The number of methoxy groups -OCH3 is 1. The summed E-state index contributed by atoms with van der Waals surface area (Å²) in [5.74, 6) is 1.84. The van der Waals surface area contributed by atoms with Crippen LogP contribution in [0.3, 0.4) is 0 Å². The SMILES string of the molecule is CCCNC(c1ccc(C)cc1OC)C1CC1. The molecule has 0 bridgehead atoms. The van der Waals surface area contributed by atoms with Gasteiger partial charge in [0.05, 0.1) is 7.11 Å². The molecule has 0 aliphatic heterocycles. The fraction of sp³-hybridized carbons (Fsp3) is 0.600. The molecule has 1 aromatic carbocycles. The molecule has 1 saturated carbocycles. The van der Waals surface area contributed by atoms with Gasteiger partial charge in [-0.25, -0.2) is 0 Å². The zero-order valence-corrected chi connectivity index (χ0v) is 11.1. The smallest absolute Gasteiger partial charge is 0.123 e. The molecule has 94 valence electrons. The van der Waals surface area contributed by atoms with E-state index in [4.69, 9.17) is 4.74 Å². The lowest BCUT2D eigenvalue weighted by Crippen LogP contribution is -2.24. The van der Waals surface area contributed by atoms with Gasteiger partial charge >= 0.3 is 0 Å². The third-order valence-electron chi connectivity index (χ3n) is 3.43. The van der Waals surface area contributed by atoms with E-state index in [0.29, 0.717) is 6.04 Å². The van der Waals surface area contributed by atoms with Gasteiger partial charge in [0.25, 0.3) is 0 Å². The summed E-state index contributed by atoms with van der Waals surface area (Å²) in [5, 5.41) is 3.66. The summed E-state index contributed by atoms with van der Waals surface area (Å²) in [6.45, 7) is 5.40. The lowest BCUT2D eigenvalue weighted by atomic mass is 9.99. The second-order valence-electron chi connectivity index (χ2n) is 5.01. The molecule has 1 unspecified atom stereocenters. The predicted molar refractivity (Wildman–Crippen MR) is 71.5 cm³/mol. The van der Waals surface area contributed by atoms with Crippen molar-refractivity contribution in [3.63, 3.8) is 0 Å². The van der Waals surface area contributed by atoms with E-state index in [1.807, 2.05) is 0 Å². The molecular weight excluding hydrogens is 210 g/mol. The Labute approximate surface area is 104 Å². The first-order chi connectivity index (χ1) is 8.26. The highest BCUT2D eigenvalue weighted by Gasteiger charge is 2.33. The van der Waals surface area contributed by atoms with Crippen LogP contribution in [-0.2, 0) is 0 Å². The Hall–Kier alpha value is -1.02. The minimum atomic E-state index is 0.477. The van der Waals surface area contributed by atoms with Gasteiger partial charge in [-0.15, -0.1) is 0 Å². The van der Waals surface area contributed by atoms with Crippen molar-refractivity contribution in [3.8, 4) is 5.75 Å². The van der Waals surface area contributed by atoms with E-state index in [2.05, 4.69) is 37.4 Å². The number of aryl methyl sites for hydroxylation is 1. The average Bonchev–Trinajstić information content (AvgIpc) is 3.15. The zero-order chi connectivity index (χ0) is 12.3. The largest absolute Gasteiger partial charge is 0.496 e. The molecule has 1 N–H and O–H groups in total. The molecule has 0 aromatic heterocycles. The monoisotopic (exact) mass is 233 g/mol. The van der Waals surface area contributed by atoms with Crippen LogP contribution in [0.2, 0.25) is 0 Å². The summed E-state index contributed by atoms with van der Waals surface area (Å²) in [6.07, 6.45) is 3.87.